The minimum Gasteiger partial charge on any atom is -0.490 e. The SMILES string of the molecule is CCC/C=C/[C@H](O)[C@@H]1CC[C@H]1CN1C[C@@]2(CCC(F)(F)c3cc(Cl)ccc32)COc2ccc(C(=O)OC)cc21. The summed E-state index contributed by atoms with van der Waals surface area (Å²) in [6, 6.07) is 9.97. The molecule has 2 aliphatic carbocycles. The molecular weight excluding hydrogens is 524 g/mol. The van der Waals surface area contributed by atoms with Crippen LogP contribution in [0.2, 0.25) is 5.02 Å². The van der Waals surface area contributed by atoms with Crippen molar-refractivity contribution in [1.29, 1.82) is 0 Å². The summed E-state index contributed by atoms with van der Waals surface area (Å²) >= 11 is 6.16. The first-order chi connectivity index (χ1) is 18.7. The lowest BCUT2D eigenvalue weighted by Gasteiger charge is -2.46. The van der Waals surface area contributed by atoms with Crippen molar-refractivity contribution < 1.29 is 28.2 Å². The van der Waals surface area contributed by atoms with E-state index in [0.717, 1.165) is 31.4 Å². The van der Waals surface area contributed by atoms with Crippen LogP contribution in [-0.4, -0.2) is 44.0 Å². The number of alkyl halides is 2. The largest absolute Gasteiger partial charge is 0.490 e. The molecule has 0 radical (unpaired) electrons. The number of methoxy groups -OCH3 is 1. The highest BCUT2D eigenvalue weighted by atomic mass is 35.5. The Morgan fingerprint density at radius 3 is 2.77 bits per heavy atom. The second-order valence-corrected chi connectivity index (χ2v) is 11.7. The van der Waals surface area contributed by atoms with Gasteiger partial charge in [-0.05, 0) is 73.4 Å². The van der Waals surface area contributed by atoms with Crippen LogP contribution in [0, 0.1) is 11.8 Å². The van der Waals surface area contributed by atoms with Crippen molar-refractivity contribution in [3.05, 3.63) is 70.3 Å². The molecular formula is C31H36ClF2NO4. The second-order valence-electron chi connectivity index (χ2n) is 11.2. The van der Waals surface area contributed by atoms with E-state index in [1.54, 1.807) is 30.3 Å². The van der Waals surface area contributed by atoms with Crippen molar-refractivity contribution in [2.24, 2.45) is 11.8 Å². The number of ether oxygens (including phenoxy) is 2. The summed E-state index contributed by atoms with van der Waals surface area (Å²) in [5, 5.41) is 11.1. The number of hydrogen-bond acceptors (Lipinski definition) is 5. The second kappa shape index (κ2) is 11.1. The molecule has 1 N–H and O–H groups in total. The van der Waals surface area contributed by atoms with Crippen molar-refractivity contribution in [3.63, 3.8) is 0 Å². The van der Waals surface area contributed by atoms with E-state index in [9.17, 15) is 9.90 Å². The Kier molecular flexibility index (Phi) is 7.93. The van der Waals surface area contributed by atoms with Crippen LogP contribution in [0.15, 0.2) is 48.6 Å². The monoisotopic (exact) mass is 559 g/mol. The third kappa shape index (κ3) is 5.40. The molecule has 1 spiro atoms. The van der Waals surface area contributed by atoms with E-state index in [0.29, 0.717) is 30.0 Å². The predicted octanol–water partition coefficient (Wildman–Crippen LogP) is 6.89. The summed E-state index contributed by atoms with van der Waals surface area (Å²) in [4.78, 5) is 14.6. The molecule has 5 rings (SSSR count). The summed E-state index contributed by atoms with van der Waals surface area (Å²) in [5.41, 5.74) is 0.969. The van der Waals surface area contributed by atoms with Gasteiger partial charge in [-0.2, -0.15) is 0 Å². The fraction of sp³-hybridized carbons (Fsp3) is 0.516. The highest BCUT2D eigenvalue weighted by Gasteiger charge is 2.51. The molecule has 8 heteroatoms. The average molecular weight is 560 g/mol. The summed E-state index contributed by atoms with van der Waals surface area (Å²) in [6.45, 7) is 3.40. The van der Waals surface area contributed by atoms with Crippen molar-refractivity contribution in [1.82, 2.24) is 0 Å². The molecule has 2 aromatic rings. The summed E-state index contributed by atoms with van der Waals surface area (Å²) in [6.07, 6.45) is 7.22. The number of anilines is 1. The number of nitrogens with zero attached hydrogens (tertiary/aromatic N) is 1. The molecule has 0 aromatic heterocycles. The topological polar surface area (TPSA) is 59.0 Å². The molecule has 39 heavy (non-hydrogen) atoms. The Labute approximate surface area is 233 Å². The molecule has 0 unspecified atom stereocenters. The van der Waals surface area contributed by atoms with Gasteiger partial charge in [0.25, 0.3) is 5.92 Å². The lowest BCUT2D eigenvalue weighted by molar-refractivity contribution is -0.0361. The van der Waals surface area contributed by atoms with Gasteiger partial charge in [0, 0.05) is 35.5 Å². The number of allylic oxidation sites excluding steroid dienone is 1. The number of benzene rings is 2. The van der Waals surface area contributed by atoms with Gasteiger partial charge in [0.2, 0.25) is 0 Å². The quantitative estimate of drug-likeness (QED) is 0.295. The Hall–Kier alpha value is -2.64. The van der Waals surface area contributed by atoms with Gasteiger partial charge in [0.05, 0.1) is 31.1 Å². The van der Waals surface area contributed by atoms with Gasteiger partial charge in [-0.3, -0.25) is 0 Å². The van der Waals surface area contributed by atoms with Crippen LogP contribution in [-0.2, 0) is 16.1 Å². The van der Waals surface area contributed by atoms with E-state index in [4.69, 9.17) is 21.1 Å². The fourth-order valence-electron chi connectivity index (χ4n) is 6.37. The third-order valence-electron chi connectivity index (χ3n) is 8.74. The molecule has 0 bridgehead atoms. The van der Waals surface area contributed by atoms with Gasteiger partial charge in [0.15, 0.2) is 0 Å². The van der Waals surface area contributed by atoms with Crippen LogP contribution in [0.3, 0.4) is 0 Å². The molecule has 2 aromatic carbocycles. The maximum atomic E-state index is 15.1. The molecule has 210 valence electrons. The standard InChI is InChI=1S/C31H36ClF2NO4/c1-3-4-5-6-27(36)23-10-7-21(23)17-35-18-30(13-14-31(33,34)25-16-22(32)9-11-24(25)30)19-39-28-12-8-20(15-26(28)35)29(37)38-2/h5-6,8-9,11-12,15-16,21,23,27,36H,3-4,7,10,13-14,17-19H2,1-2H3/b6-5+/t21-,23+,27-,30-/m0/s1. The normalized spacial score (nSPS) is 26.3. The van der Waals surface area contributed by atoms with Crippen molar-refractivity contribution >= 4 is 23.3 Å². The molecule has 1 saturated carbocycles. The van der Waals surface area contributed by atoms with Gasteiger partial charge in [-0.15, -0.1) is 0 Å². The number of carbonyl (C=O) groups is 1. The van der Waals surface area contributed by atoms with Crippen LogP contribution in [0.25, 0.3) is 0 Å². The van der Waals surface area contributed by atoms with Gasteiger partial charge in [0.1, 0.15) is 5.75 Å². The smallest absolute Gasteiger partial charge is 0.337 e. The fourth-order valence-corrected chi connectivity index (χ4v) is 6.54. The van der Waals surface area contributed by atoms with E-state index in [1.165, 1.54) is 13.2 Å². The van der Waals surface area contributed by atoms with Gasteiger partial charge in [-0.25, -0.2) is 13.6 Å². The summed E-state index contributed by atoms with van der Waals surface area (Å²) in [7, 11) is 1.34. The van der Waals surface area contributed by atoms with Crippen LogP contribution < -0.4 is 9.64 Å². The van der Waals surface area contributed by atoms with Crippen molar-refractivity contribution in [2.75, 3.05) is 31.7 Å². The van der Waals surface area contributed by atoms with E-state index >= 15 is 8.78 Å². The van der Waals surface area contributed by atoms with Crippen LogP contribution in [0.1, 0.15) is 66.9 Å². The van der Waals surface area contributed by atoms with Crippen molar-refractivity contribution in [2.45, 2.75) is 62.9 Å². The molecule has 0 amide bonds. The first kappa shape index (κ1) is 27.9. The Bertz CT molecular complexity index is 1250. The number of esters is 1. The lowest BCUT2D eigenvalue weighted by Crippen LogP contribution is -2.50. The zero-order valence-corrected chi connectivity index (χ0v) is 23.2. The Balaban J connectivity index is 1.52. The molecule has 1 fully saturated rings. The van der Waals surface area contributed by atoms with E-state index in [2.05, 4.69) is 11.8 Å². The molecule has 0 saturated heterocycles. The van der Waals surface area contributed by atoms with E-state index < -0.39 is 23.4 Å². The minimum absolute atomic E-state index is 0.0380. The number of rotatable bonds is 7. The number of fused-ring (bicyclic) bond motifs is 3. The number of aliphatic hydroxyl groups is 1. The van der Waals surface area contributed by atoms with Crippen LogP contribution in [0.5, 0.6) is 5.75 Å². The average Bonchev–Trinajstić information content (AvgIpc) is 3.06. The molecule has 1 heterocycles. The number of hydrogen-bond donors (Lipinski definition) is 1. The van der Waals surface area contributed by atoms with Crippen LogP contribution in [0.4, 0.5) is 14.5 Å². The van der Waals surface area contributed by atoms with Crippen molar-refractivity contribution in [3.8, 4) is 5.75 Å². The first-order valence-corrected chi connectivity index (χ1v) is 14.2. The molecule has 5 nitrogen and oxygen atoms in total. The number of halogens is 3. The number of unbranched alkanes of at least 4 members (excludes halogenated alkanes) is 1. The Morgan fingerprint density at radius 2 is 2.05 bits per heavy atom. The third-order valence-corrected chi connectivity index (χ3v) is 8.98. The maximum absolute atomic E-state index is 15.1. The van der Waals surface area contributed by atoms with Gasteiger partial charge >= 0.3 is 5.97 Å². The zero-order chi connectivity index (χ0) is 27.8. The summed E-state index contributed by atoms with van der Waals surface area (Å²) in [5.74, 6) is -2.49. The highest BCUT2D eigenvalue weighted by Crippen LogP contribution is 2.52. The van der Waals surface area contributed by atoms with Crippen LogP contribution >= 0.6 is 11.6 Å². The predicted molar refractivity (Wildman–Crippen MR) is 148 cm³/mol. The minimum atomic E-state index is -2.97. The maximum Gasteiger partial charge on any atom is 0.337 e. The van der Waals surface area contributed by atoms with Gasteiger partial charge < -0.3 is 19.5 Å². The lowest BCUT2D eigenvalue weighted by atomic mass is 9.67. The number of aliphatic hydroxyl groups excluding tert-OH is 1. The highest BCUT2D eigenvalue weighted by molar-refractivity contribution is 6.30. The molecule has 3 aliphatic rings. The zero-order valence-electron chi connectivity index (χ0n) is 22.5. The molecule has 1 aliphatic heterocycles. The van der Waals surface area contributed by atoms with E-state index in [-0.39, 0.29) is 41.9 Å². The van der Waals surface area contributed by atoms with Gasteiger partial charge in [-0.1, -0.05) is 43.2 Å². The Morgan fingerprint density at radius 1 is 1.23 bits per heavy atom. The summed E-state index contributed by atoms with van der Waals surface area (Å²) < 4.78 is 41.5. The molecule has 4 atom stereocenters. The van der Waals surface area contributed by atoms with E-state index in [1.807, 2.05) is 12.2 Å². The first-order valence-electron chi connectivity index (χ1n) is 13.8. The number of carbonyl (C=O) groups excluding carboxylic acids is 1.